The lowest BCUT2D eigenvalue weighted by Gasteiger charge is -2.13. The van der Waals surface area contributed by atoms with Gasteiger partial charge < -0.3 is 5.32 Å². The molecule has 0 heterocycles. The highest BCUT2D eigenvalue weighted by Crippen LogP contribution is 2.14. The minimum atomic E-state index is -1.15. The summed E-state index contributed by atoms with van der Waals surface area (Å²) in [4.78, 5) is 0. The van der Waals surface area contributed by atoms with Gasteiger partial charge in [-0.2, -0.15) is 0 Å². The first-order chi connectivity index (χ1) is 8.04. The van der Waals surface area contributed by atoms with Crippen molar-refractivity contribution in [2.75, 3.05) is 0 Å². The van der Waals surface area contributed by atoms with E-state index in [4.69, 9.17) is 0 Å². The number of benzene rings is 1. The van der Waals surface area contributed by atoms with Crippen LogP contribution in [0.15, 0.2) is 12.1 Å². The summed E-state index contributed by atoms with van der Waals surface area (Å²) in [5.74, 6) is -2.87. The number of halogens is 3. The maximum absolute atomic E-state index is 13.3. The van der Waals surface area contributed by atoms with Crippen molar-refractivity contribution in [3.8, 4) is 0 Å². The molecule has 96 valence electrons. The molecule has 0 radical (unpaired) electrons. The molecule has 0 aliphatic rings. The number of rotatable bonds is 6. The van der Waals surface area contributed by atoms with Gasteiger partial charge in [-0.25, -0.2) is 13.2 Å². The Balaban J connectivity index is 2.54. The normalized spacial score (nSPS) is 12.8. The van der Waals surface area contributed by atoms with Crippen LogP contribution in [0.5, 0.6) is 0 Å². The van der Waals surface area contributed by atoms with E-state index in [-0.39, 0.29) is 18.2 Å². The molecule has 0 fully saturated rings. The van der Waals surface area contributed by atoms with Crippen molar-refractivity contribution in [3.05, 3.63) is 35.1 Å². The van der Waals surface area contributed by atoms with E-state index in [1.807, 2.05) is 6.92 Å². The van der Waals surface area contributed by atoms with Crippen LogP contribution in [0, 0.1) is 17.5 Å². The van der Waals surface area contributed by atoms with E-state index in [2.05, 4.69) is 12.2 Å². The summed E-state index contributed by atoms with van der Waals surface area (Å²) in [7, 11) is 0. The lowest BCUT2D eigenvalue weighted by molar-refractivity contribution is 0.468. The van der Waals surface area contributed by atoms with Gasteiger partial charge in [0.25, 0.3) is 0 Å². The molecule has 4 heteroatoms. The summed E-state index contributed by atoms with van der Waals surface area (Å²) in [6, 6.07) is 1.73. The van der Waals surface area contributed by atoms with Gasteiger partial charge in [-0.05, 0) is 19.4 Å². The summed E-state index contributed by atoms with van der Waals surface area (Å²) < 4.78 is 38.9. The molecule has 17 heavy (non-hydrogen) atoms. The number of hydrogen-bond donors (Lipinski definition) is 1. The van der Waals surface area contributed by atoms with E-state index >= 15 is 0 Å². The van der Waals surface area contributed by atoms with Gasteiger partial charge in [0.15, 0.2) is 11.6 Å². The van der Waals surface area contributed by atoms with Crippen molar-refractivity contribution in [2.45, 2.75) is 45.7 Å². The fourth-order valence-electron chi connectivity index (χ4n) is 1.60. The van der Waals surface area contributed by atoms with Crippen LogP contribution in [0.2, 0.25) is 0 Å². The van der Waals surface area contributed by atoms with Crippen LogP contribution < -0.4 is 5.32 Å². The SMILES string of the molecule is CCCCC(C)NCc1cc(F)c(F)cc1F. The predicted octanol–water partition coefficient (Wildman–Crippen LogP) is 3.77. The fraction of sp³-hybridized carbons (Fsp3) is 0.538. The summed E-state index contributed by atoms with van der Waals surface area (Å²) in [5.41, 5.74) is 0.159. The second-order valence-electron chi connectivity index (χ2n) is 4.28. The molecular formula is C13H18F3N. The van der Waals surface area contributed by atoms with Gasteiger partial charge >= 0.3 is 0 Å². The first-order valence-corrected chi connectivity index (χ1v) is 5.91. The number of hydrogen-bond acceptors (Lipinski definition) is 1. The number of nitrogens with one attached hydrogen (secondary N) is 1. The van der Waals surface area contributed by atoms with Gasteiger partial charge in [0, 0.05) is 24.2 Å². The van der Waals surface area contributed by atoms with Crippen LogP contribution in [0.3, 0.4) is 0 Å². The van der Waals surface area contributed by atoms with Gasteiger partial charge in [0.2, 0.25) is 0 Å². The van der Waals surface area contributed by atoms with E-state index in [0.717, 1.165) is 25.3 Å². The Labute approximate surface area is 100 Å². The van der Waals surface area contributed by atoms with Crippen LogP contribution in [0.25, 0.3) is 0 Å². The molecule has 0 saturated heterocycles. The van der Waals surface area contributed by atoms with Crippen molar-refractivity contribution in [3.63, 3.8) is 0 Å². The van der Waals surface area contributed by atoms with Gasteiger partial charge in [-0.1, -0.05) is 19.8 Å². The molecule has 0 aliphatic carbocycles. The van der Waals surface area contributed by atoms with Crippen molar-refractivity contribution in [1.82, 2.24) is 5.32 Å². The second-order valence-corrected chi connectivity index (χ2v) is 4.28. The summed E-state index contributed by atoms with van der Waals surface area (Å²) in [6.45, 7) is 4.31. The van der Waals surface area contributed by atoms with Gasteiger partial charge in [-0.3, -0.25) is 0 Å². The Kier molecular flexibility index (Phi) is 5.48. The molecule has 0 aliphatic heterocycles. The monoisotopic (exact) mass is 245 g/mol. The highest BCUT2D eigenvalue weighted by molar-refractivity contribution is 5.19. The quantitative estimate of drug-likeness (QED) is 0.752. The lowest BCUT2D eigenvalue weighted by atomic mass is 10.1. The summed E-state index contributed by atoms with van der Waals surface area (Å²) >= 11 is 0. The molecule has 0 spiro atoms. The largest absolute Gasteiger partial charge is 0.310 e. The molecule has 1 aromatic carbocycles. The van der Waals surface area contributed by atoms with E-state index in [9.17, 15) is 13.2 Å². The van der Waals surface area contributed by atoms with Gasteiger partial charge in [0.05, 0.1) is 0 Å². The van der Waals surface area contributed by atoms with Gasteiger partial charge in [0.1, 0.15) is 5.82 Å². The molecule has 1 rings (SSSR count). The van der Waals surface area contributed by atoms with Crippen LogP contribution in [-0.2, 0) is 6.54 Å². The maximum atomic E-state index is 13.3. The molecule has 1 unspecified atom stereocenters. The predicted molar refractivity (Wildman–Crippen MR) is 62.1 cm³/mol. The average molecular weight is 245 g/mol. The highest BCUT2D eigenvalue weighted by Gasteiger charge is 2.10. The van der Waals surface area contributed by atoms with Crippen molar-refractivity contribution in [1.29, 1.82) is 0 Å². The van der Waals surface area contributed by atoms with Crippen LogP contribution in [0.4, 0.5) is 13.2 Å². The first kappa shape index (κ1) is 14.0. The van der Waals surface area contributed by atoms with E-state index in [0.29, 0.717) is 6.07 Å². The topological polar surface area (TPSA) is 12.0 Å². The molecule has 1 N–H and O–H groups in total. The van der Waals surface area contributed by atoms with Crippen molar-refractivity contribution < 1.29 is 13.2 Å². The summed E-state index contributed by atoms with van der Waals surface area (Å²) in [6.07, 6.45) is 3.18. The Hall–Kier alpha value is -1.03. The Morgan fingerprint density at radius 3 is 2.41 bits per heavy atom. The van der Waals surface area contributed by atoms with Crippen molar-refractivity contribution in [2.24, 2.45) is 0 Å². The molecular weight excluding hydrogens is 227 g/mol. The van der Waals surface area contributed by atoms with E-state index < -0.39 is 17.5 Å². The third-order valence-electron chi connectivity index (χ3n) is 2.72. The van der Waals surface area contributed by atoms with E-state index in [1.165, 1.54) is 0 Å². The first-order valence-electron chi connectivity index (χ1n) is 5.91. The smallest absolute Gasteiger partial charge is 0.161 e. The number of unbranched alkanes of at least 4 members (excludes halogenated alkanes) is 1. The molecule has 1 nitrogen and oxygen atoms in total. The third kappa shape index (κ3) is 4.38. The minimum Gasteiger partial charge on any atom is -0.310 e. The molecule has 0 bridgehead atoms. The Morgan fingerprint density at radius 2 is 1.76 bits per heavy atom. The molecule has 0 saturated carbocycles. The zero-order valence-corrected chi connectivity index (χ0v) is 10.2. The highest BCUT2D eigenvalue weighted by atomic mass is 19.2. The molecule has 0 aromatic heterocycles. The summed E-state index contributed by atoms with van der Waals surface area (Å²) in [5, 5.41) is 3.09. The van der Waals surface area contributed by atoms with Crippen molar-refractivity contribution >= 4 is 0 Å². The second kappa shape index (κ2) is 6.64. The molecule has 1 aromatic rings. The van der Waals surface area contributed by atoms with Crippen LogP contribution >= 0.6 is 0 Å². The van der Waals surface area contributed by atoms with Crippen LogP contribution in [-0.4, -0.2) is 6.04 Å². The zero-order valence-electron chi connectivity index (χ0n) is 10.2. The van der Waals surface area contributed by atoms with E-state index in [1.54, 1.807) is 0 Å². The zero-order chi connectivity index (χ0) is 12.8. The Morgan fingerprint density at radius 1 is 1.12 bits per heavy atom. The average Bonchev–Trinajstić information content (AvgIpc) is 2.29. The third-order valence-corrected chi connectivity index (χ3v) is 2.72. The lowest BCUT2D eigenvalue weighted by Crippen LogP contribution is -2.25. The maximum Gasteiger partial charge on any atom is 0.161 e. The van der Waals surface area contributed by atoms with Crippen LogP contribution in [0.1, 0.15) is 38.7 Å². The molecule has 1 atom stereocenters. The van der Waals surface area contributed by atoms with Gasteiger partial charge in [-0.15, -0.1) is 0 Å². The Bertz CT molecular complexity index is 366. The molecule has 0 amide bonds. The fourth-order valence-corrected chi connectivity index (χ4v) is 1.60. The minimum absolute atomic E-state index is 0.159. The standard InChI is InChI=1S/C13H18F3N/c1-3-4-5-9(2)17-8-10-6-12(15)13(16)7-11(10)14/h6-7,9,17H,3-5,8H2,1-2H3.